The second-order valence-corrected chi connectivity index (χ2v) is 8.08. The smallest absolute Gasteiger partial charge is 0.236 e. The Kier molecular flexibility index (Phi) is 4.86. The highest BCUT2D eigenvalue weighted by atomic mass is 32.2. The van der Waals surface area contributed by atoms with Crippen LogP contribution in [0, 0.1) is 0 Å². The Labute approximate surface area is 166 Å². The zero-order valence-electron chi connectivity index (χ0n) is 15.6. The van der Waals surface area contributed by atoms with Crippen molar-refractivity contribution in [3.8, 4) is 0 Å². The molecule has 1 aliphatic heterocycles. The molecule has 3 N–H and O–H groups in total. The zero-order valence-corrected chi connectivity index (χ0v) is 16.4. The van der Waals surface area contributed by atoms with Crippen molar-refractivity contribution in [3.63, 3.8) is 0 Å². The van der Waals surface area contributed by atoms with E-state index in [0.29, 0.717) is 40.9 Å². The van der Waals surface area contributed by atoms with Crippen LogP contribution in [0.3, 0.4) is 0 Å². The number of nitrogen functional groups attached to an aromatic ring is 1. The van der Waals surface area contributed by atoms with Crippen LogP contribution in [-0.4, -0.2) is 37.2 Å². The van der Waals surface area contributed by atoms with E-state index in [-0.39, 0.29) is 17.3 Å². The zero-order chi connectivity index (χ0) is 19.7. The van der Waals surface area contributed by atoms with Crippen molar-refractivity contribution in [2.45, 2.75) is 37.6 Å². The summed E-state index contributed by atoms with van der Waals surface area (Å²) in [5.41, 5.74) is 8.37. The molecule has 8 nitrogen and oxygen atoms in total. The molecule has 0 fully saturated rings. The maximum Gasteiger partial charge on any atom is 0.236 e. The molecule has 0 bridgehead atoms. The molecule has 0 unspecified atom stereocenters. The van der Waals surface area contributed by atoms with Gasteiger partial charge < -0.3 is 15.8 Å². The molecule has 0 radical (unpaired) electrons. The lowest BCUT2D eigenvalue weighted by atomic mass is 9.95. The summed E-state index contributed by atoms with van der Waals surface area (Å²) < 4.78 is 5.84. The average Bonchev–Trinajstić information content (AvgIpc) is 2.65. The number of nitrogens with one attached hydrogen (secondary N) is 1. The van der Waals surface area contributed by atoms with Gasteiger partial charge in [-0.3, -0.25) is 4.79 Å². The third kappa shape index (κ3) is 4.05. The van der Waals surface area contributed by atoms with Crippen LogP contribution in [0.25, 0.3) is 11.0 Å². The number of rotatable bonds is 4. The summed E-state index contributed by atoms with van der Waals surface area (Å²) in [5.74, 6) is 0.805. The fourth-order valence-electron chi connectivity index (χ4n) is 2.95. The molecule has 1 aliphatic rings. The number of pyridine rings is 2. The first-order valence-corrected chi connectivity index (χ1v) is 9.82. The van der Waals surface area contributed by atoms with Gasteiger partial charge in [-0.25, -0.2) is 19.9 Å². The second-order valence-electron chi connectivity index (χ2n) is 7.13. The maximum absolute atomic E-state index is 12.1. The molecule has 0 atom stereocenters. The number of hydrogen-bond acceptors (Lipinski definition) is 8. The standard InChI is InChI=1S/C19H20N6O2S/c1-19(2)8-13-11(9-27-19)7-12-16(20)24-18(25-17(12)22-13)28-10-15(26)23-14-5-3-4-6-21-14/h3-7H,8-10H2,1-2H3,(H,21,23,26)(H2,20,22,24,25). The highest BCUT2D eigenvalue weighted by Crippen LogP contribution is 2.30. The lowest BCUT2D eigenvalue weighted by Crippen LogP contribution is -2.32. The Morgan fingerprint density at radius 1 is 1.32 bits per heavy atom. The molecule has 1 amide bonds. The minimum absolute atomic E-state index is 0.146. The van der Waals surface area contributed by atoms with E-state index in [4.69, 9.17) is 15.5 Å². The summed E-state index contributed by atoms with van der Waals surface area (Å²) in [6.07, 6.45) is 2.33. The summed E-state index contributed by atoms with van der Waals surface area (Å²) in [5, 5.41) is 3.84. The van der Waals surface area contributed by atoms with Gasteiger partial charge in [-0.1, -0.05) is 17.8 Å². The van der Waals surface area contributed by atoms with Crippen molar-refractivity contribution in [1.82, 2.24) is 19.9 Å². The normalized spacial score (nSPS) is 15.2. The van der Waals surface area contributed by atoms with Gasteiger partial charge in [-0.2, -0.15) is 0 Å². The molecule has 0 saturated carbocycles. The lowest BCUT2D eigenvalue weighted by Gasteiger charge is -2.31. The van der Waals surface area contributed by atoms with Crippen LogP contribution in [0.1, 0.15) is 25.1 Å². The number of thioether (sulfide) groups is 1. The number of anilines is 2. The number of nitrogens with zero attached hydrogens (tertiary/aromatic N) is 4. The second kappa shape index (κ2) is 7.33. The first-order valence-electron chi connectivity index (χ1n) is 8.83. The fourth-order valence-corrected chi connectivity index (χ4v) is 3.60. The number of fused-ring (bicyclic) bond motifs is 2. The largest absolute Gasteiger partial charge is 0.383 e. The van der Waals surface area contributed by atoms with Crippen molar-refractivity contribution < 1.29 is 9.53 Å². The molecule has 3 aromatic rings. The van der Waals surface area contributed by atoms with Gasteiger partial charge in [-0.15, -0.1) is 0 Å². The molecular formula is C19H20N6O2S. The average molecular weight is 396 g/mol. The molecule has 28 heavy (non-hydrogen) atoms. The highest BCUT2D eigenvalue weighted by molar-refractivity contribution is 7.99. The Balaban J connectivity index is 1.52. The third-order valence-electron chi connectivity index (χ3n) is 4.34. The Bertz CT molecular complexity index is 1040. The van der Waals surface area contributed by atoms with Crippen LogP contribution in [0.5, 0.6) is 0 Å². The van der Waals surface area contributed by atoms with Crippen LogP contribution < -0.4 is 11.1 Å². The number of nitrogens with two attached hydrogens (primary N) is 1. The van der Waals surface area contributed by atoms with Crippen molar-refractivity contribution in [3.05, 3.63) is 41.7 Å². The van der Waals surface area contributed by atoms with Gasteiger partial charge in [0, 0.05) is 18.2 Å². The van der Waals surface area contributed by atoms with Gasteiger partial charge in [0.2, 0.25) is 5.91 Å². The summed E-state index contributed by atoms with van der Waals surface area (Å²) in [4.78, 5) is 29.7. The van der Waals surface area contributed by atoms with Crippen LogP contribution in [-0.2, 0) is 22.6 Å². The lowest BCUT2D eigenvalue weighted by molar-refractivity contribution is -0.113. The maximum atomic E-state index is 12.1. The predicted octanol–water partition coefficient (Wildman–Crippen LogP) is 2.58. The van der Waals surface area contributed by atoms with E-state index in [1.54, 1.807) is 18.3 Å². The number of ether oxygens (including phenoxy) is 1. The van der Waals surface area contributed by atoms with E-state index in [9.17, 15) is 4.79 Å². The topological polar surface area (TPSA) is 116 Å². The quantitative estimate of drug-likeness (QED) is 0.511. The molecule has 0 aliphatic carbocycles. The van der Waals surface area contributed by atoms with Gasteiger partial charge in [0.25, 0.3) is 0 Å². The Hall–Kier alpha value is -2.78. The van der Waals surface area contributed by atoms with E-state index < -0.39 is 0 Å². The summed E-state index contributed by atoms with van der Waals surface area (Å²) >= 11 is 1.21. The number of carbonyl (C=O) groups is 1. The summed E-state index contributed by atoms with van der Waals surface area (Å²) in [7, 11) is 0. The molecular weight excluding hydrogens is 376 g/mol. The highest BCUT2D eigenvalue weighted by Gasteiger charge is 2.28. The first kappa shape index (κ1) is 18.6. The number of aromatic nitrogens is 4. The number of carbonyl (C=O) groups excluding carboxylic acids is 1. The van der Waals surface area contributed by atoms with Crippen molar-refractivity contribution in [1.29, 1.82) is 0 Å². The molecule has 4 rings (SSSR count). The molecule has 0 aromatic carbocycles. The van der Waals surface area contributed by atoms with E-state index >= 15 is 0 Å². The summed E-state index contributed by atoms with van der Waals surface area (Å²) in [6.45, 7) is 4.57. The Morgan fingerprint density at radius 2 is 2.18 bits per heavy atom. The van der Waals surface area contributed by atoms with E-state index in [2.05, 4.69) is 20.3 Å². The van der Waals surface area contributed by atoms with Crippen LogP contribution in [0.15, 0.2) is 35.6 Å². The number of hydrogen-bond donors (Lipinski definition) is 2. The SMILES string of the molecule is CC1(C)Cc2nc3nc(SCC(=O)Nc4ccccn4)nc(N)c3cc2CO1. The molecule has 0 spiro atoms. The summed E-state index contributed by atoms with van der Waals surface area (Å²) in [6, 6.07) is 7.27. The molecule has 9 heteroatoms. The van der Waals surface area contributed by atoms with Crippen molar-refractivity contribution in [2.24, 2.45) is 0 Å². The first-order chi connectivity index (χ1) is 13.4. The fraction of sp³-hybridized carbons (Fsp3) is 0.316. The van der Waals surface area contributed by atoms with E-state index in [0.717, 1.165) is 11.3 Å². The molecule has 144 valence electrons. The monoisotopic (exact) mass is 396 g/mol. The van der Waals surface area contributed by atoms with Gasteiger partial charge >= 0.3 is 0 Å². The minimum Gasteiger partial charge on any atom is -0.383 e. The van der Waals surface area contributed by atoms with Crippen LogP contribution >= 0.6 is 11.8 Å². The van der Waals surface area contributed by atoms with E-state index in [1.165, 1.54) is 11.8 Å². The van der Waals surface area contributed by atoms with Crippen molar-refractivity contribution >= 4 is 40.3 Å². The molecule has 4 heterocycles. The van der Waals surface area contributed by atoms with Gasteiger partial charge in [0.1, 0.15) is 11.6 Å². The van der Waals surface area contributed by atoms with Gasteiger partial charge in [0.15, 0.2) is 10.8 Å². The van der Waals surface area contributed by atoms with Gasteiger partial charge in [0.05, 0.1) is 29.0 Å². The Morgan fingerprint density at radius 3 is 2.96 bits per heavy atom. The van der Waals surface area contributed by atoms with Crippen LogP contribution in [0.4, 0.5) is 11.6 Å². The molecule has 3 aromatic heterocycles. The number of amides is 1. The minimum atomic E-state index is -0.257. The van der Waals surface area contributed by atoms with E-state index in [1.807, 2.05) is 26.0 Å². The van der Waals surface area contributed by atoms with Crippen molar-refractivity contribution in [2.75, 3.05) is 16.8 Å². The van der Waals surface area contributed by atoms with Crippen LogP contribution in [0.2, 0.25) is 0 Å². The third-order valence-corrected chi connectivity index (χ3v) is 5.19. The predicted molar refractivity (Wildman–Crippen MR) is 108 cm³/mol. The molecule has 0 saturated heterocycles. The van der Waals surface area contributed by atoms with Gasteiger partial charge in [-0.05, 0) is 32.0 Å².